The Morgan fingerprint density at radius 3 is 2.38 bits per heavy atom. The highest BCUT2D eigenvalue weighted by Gasteiger charge is 1.98. The van der Waals surface area contributed by atoms with Crippen molar-refractivity contribution >= 4 is 5.69 Å². The molecule has 72 valence electrons. The maximum Gasteiger partial charge on any atom is 0.119 e. The van der Waals surface area contributed by atoms with Gasteiger partial charge in [-0.1, -0.05) is 0 Å². The Kier molecular flexibility index (Phi) is 3.58. The van der Waals surface area contributed by atoms with Crippen LogP contribution in [0.2, 0.25) is 0 Å². The normalized spacial score (nSPS) is 9.77. The number of anilines is 1. The standard InChI is InChI=1S/C10H15NO2/c1-11(7-8-12)9-3-5-10(13-2)6-4-9/h3-6,12H,7-8H2,1-2H3. The third-order valence-electron chi connectivity index (χ3n) is 1.95. The summed E-state index contributed by atoms with van der Waals surface area (Å²) in [7, 11) is 3.59. The second-order valence-corrected chi connectivity index (χ2v) is 2.84. The molecule has 0 bridgehead atoms. The van der Waals surface area contributed by atoms with Crippen molar-refractivity contribution in [2.75, 3.05) is 32.2 Å². The van der Waals surface area contributed by atoms with Gasteiger partial charge in [0.1, 0.15) is 5.75 Å². The van der Waals surface area contributed by atoms with E-state index in [1.165, 1.54) is 0 Å². The summed E-state index contributed by atoms with van der Waals surface area (Å²) in [6.07, 6.45) is 0. The van der Waals surface area contributed by atoms with Crippen LogP contribution in [0, 0.1) is 0 Å². The molecule has 0 heterocycles. The Hall–Kier alpha value is -1.22. The molecule has 0 aliphatic heterocycles. The molecule has 3 nitrogen and oxygen atoms in total. The van der Waals surface area contributed by atoms with Crippen molar-refractivity contribution in [3.05, 3.63) is 24.3 Å². The number of nitrogens with zero attached hydrogens (tertiary/aromatic N) is 1. The predicted molar refractivity (Wildman–Crippen MR) is 53.3 cm³/mol. The number of ether oxygens (including phenoxy) is 1. The van der Waals surface area contributed by atoms with Crippen LogP contribution in [0.3, 0.4) is 0 Å². The van der Waals surface area contributed by atoms with Crippen molar-refractivity contribution < 1.29 is 9.84 Å². The number of aliphatic hydroxyl groups excluding tert-OH is 1. The summed E-state index contributed by atoms with van der Waals surface area (Å²) < 4.78 is 5.04. The number of hydrogen-bond donors (Lipinski definition) is 1. The first kappa shape index (κ1) is 9.86. The molecular weight excluding hydrogens is 166 g/mol. The Bertz CT molecular complexity index is 246. The second-order valence-electron chi connectivity index (χ2n) is 2.84. The van der Waals surface area contributed by atoms with Crippen LogP contribution in [0.15, 0.2) is 24.3 Å². The summed E-state index contributed by atoms with van der Waals surface area (Å²) in [4.78, 5) is 1.99. The minimum atomic E-state index is 0.169. The van der Waals surface area contributed by atoms with Gasteiger partial charge in [0.2, 0.25) is 0 Å². The molecular formula is C10H15NO2. The van der Waals surface area contributed by atoms with Gasteiger partial charge in [-0.3, -0.25) is 0 Å². The van der Waals surface area contributed by atoms with Crippen LogP contribution in [-0.2, 0) is 0 Å². The average molecular weight is 181 g/mol. The van der Waals surface area contributed by atoms with Crippen molar-refractivity contribution in [2.45, 2.75) is 0 Å². The third-order valence-corrected chi connectivity index (χ3v) is 1.95. The molecule has 1 rings (SSSR count). The average Bonchev–Trinajstić information content (AvgIpc) is 2.18. The number of benzene rings is 1. The highest BCUT2D eigenvalue weighted by Crippen LogP contribution is 2.17. The Morgan fingerprint density at radius 2 is 1.92 bits per heavy atom. The molecule has 1 aromatic carbocycles. The Labute approximate surface area is 78.6 Å². The summed E-state index contributed by atoms with van der Waals surface area (Å²) in [6, 6.07) is 7.75. The van der Waals surface area contributed by atoms with E-state index >= 15 is 0 Å². The van der Waals surface area contributed by atoms with Crippen LogP contribution in [0.1, 0.15) is 0 Å². The van der Waals surface area contributed by atoms with E-state index in [0.717, 1.165) is 11.4 Å². The van der Waals surface area contributed by atoms with Crippen LogP contribution < -0.4 is 9.64 Å². The zero-order valence-electron chi connectivity index (χ0n) is 8.03. The first-order valence-electron chi connectivity index (χ1n) is 4.24. The SMILES string of the molecule is COc1ccc(N(C)CCO)cc1. The van der Waals surface area contributed by atoms with Crippen LogP contribution in [0.4, 0.5) is 5.69 Å². The molecule has 0 aliphatic rings. The minimum Gasteiger partial charge on any atom is -0.497 e. The number of methoxy groups -OCH3 is 1. The maximum absolute atomic E-state index is 8.73. The number of rotatable bonds is 4. The fraction of sp³-hybridized carbons (Fsp3) is 0.400. The number of likely N-dealkylation sites (N-methyl/N-ethyl adjacent to an activating group) is 1. The van der Waals surface area contributed by atoms with Gasteiger partial charge in [-0.25, -0.2) is 0 Å². The molecule has 0 radical (unpaired) electrons. The lowest BCUT2D eigenvalue weighted by molar-refractivity contribution is 0.304. The highest BCUT2D eigenvalue weighted by atomic mass is 16.5. The molecule has 3 heteroatoms. The van der Waals surface area contributed by atoms with Crippen LogP contribution in [-0.4, -0.2) is 32.4 Å². The lowest BCUT2D eigenvalue weighted by Gasteiger charge is -2.17. The Morgan fingerprint density at radius 1 is 1.31 bits per heavy atom. The molecule has 13 heavy (non-hydrogen) atoms. The van der Waals surface area contributed by atoms with E-state index < -0.39 is 0 Å². The number of hydrogen-bond acceptors (Lipinski definition) is 3. The molecule has 0 atom stereocenters. The molecule has 0 aromatic heterocycles. The molecule has 0 amide bonds. The van der Waals surface area contributed by atoms with Crippen molar-refractivity contribution in [3.63, 3.8) is 0 Å². The zero-order chi connectivity index (χ0) is 9.68. The summed E-state index contributed by atoms with van der Waals surface area (Å²) in [5.74, 6) is 0.848. The first-order chi connectivity index (χ1) is 6.27. The minimum absolute atomic E-state index is 0.169. The maximum atomic E-state index is 8.73. The lowest BCUT2D eigenvalue weighted by atomic mass is 10.3. The molecule has 0 saturated carbocycles. The Balaban J connectivity index is 2.67. The van der Waals surface area contributed by atoms with Gasteiger partial charge in [-0.05, 0) is 24.3 Å². The van der Waals surface area contributed by atoms with Gasteiger partial charge in [-0.15, -0.1) is 0 Å². The quantitative estimate of drug-likeness (QED) is 0.755. The fourth-order valence-corrected chi connectivity index (χ4v) is 1.12. The molecule has 0 saturated heterocycles. The molecule has 0 spiro atoms. The smallest absolute Gasteiger partial charge is 0.119 e. The molecule has 0 fully saturated rings. The van der Waals surface area contributed by atoms with Crippen LogP contribution >= 0.6 is 0 Å². The first-order valence-corrected chi connectivity index (χ1v) is 4.24. The highest BCUT2D eigenvalue weighted by molar-refractivity contribution is 5.48. The van der Waals surface area contributed by atoms with Crippen molar-refractivity contribution in [1.29, 1.82) is 0 Å². The van der Waals surface area contributed by atoms with E-state index in [-0.39, 0.29) is 6.61 Å². The van der Waals surface area contributed by atoms with E-state index in [0.29, 0.717) is 6.54 Å². The van der Waals surface area contributed by atoms with Gasteiger partial charge in [0.05, 0.1) is 13.7 Å². The molecule has 0 unspecified atom stereocenters. The molecule has 1 aromatic rings. The van der Waals surface area contributed by atoms with Gasteiger partial charge in [0.25, 0.3) is 0 Å². The second kappa shape index (κ2) is 4.72. The van der Waals surface area contributed by atoms with Crippen molar-refractivity contribution in [2.24, 2.45) is 0 Å². The van der Waals surface area contributed by atoms with E-state index in [1.54, 1.807) is 7.11 Å². The zero-order valence-corrected chi connectivity index (χ0v) is 8.03. The largest absolute Gasteiger partial charge is 0.497 e. The van der Waals surface area contributed by atoms with Crippen LogP contribution in [0.5, 0.6) is 5.75 Å². The summed E-state index contributed by atoms with van der Waals surface area (Å²) in [5, 5.41) is 8.73. The third kappa shape index (κ3) is 2.63. The van der Waals surface area contributed by atoms with Gasteiger partial charge < -0.3 is 14.7 Å². The summed E-state index contributed by atoms with van der Waals surface area (Å²) >= 11 is 0. The van der Waals surface area contributed by atoms with Gasteiger partial charge >= 0.3 is 0 Å². The van der Waals surface area contributed by atoms with E-state index in [1.807, 2.05) is 36.2 Å². The van der Waals surface area contributed by atoms with Gasteiger partial charge in [-0.2, -0.15) is 0 Å². The van der Waals surface area contributed by atoms with E-state index in [9.17, 15) is 0 Å². The monoisotopic (exact) mass is 181 g/mol. The molecule has 1 N–H and O–H groups in total. The van der Waals surface area contributed by atoms with Gasteiger partial charge in [0, 0.05) is 19.3 Å². The summed E-state index contributed by atoms with van der Waals surface area (Å²) in [5.41, 5.74) is 1.08. The lowest BCUT2D eigenvalue weighted by Crippen LogP contribution is -2.20. The fourth-order valence-electron chi connectivity index (χ4n) is 1.12. The van der Waals surface area contributed by atoms with E-state index in [2.05, 4.69) is 0 Å². The van der Waals surface area contributed by atoms with Crippen LogP contribution in [0.25, 0.3) is 0 Å². The van der Waals surface area contributed by atoms with E-state index in [4.69, 9.17) is 9.84 Å². The molecule has 0 aliphatic carbocycles. The predicted octanol–water partition coefficient (Wildman–Crippen LogP) is 1.12. The van der Waals surface area contributed by atoms with Crippen molar-refractivity contribution in [3.8, 4) is 5.75 Å². The summed E-state index contributed by atoms with van der Waals surface area (Å²) in [6.45, 7) is 0.814. The van der Waals surface area contributed by atoms with Crippen molar-refractivity contribution in [1.82, 2.24) is 0 Å². The number of aliphatic hydroxyl groups is 1. The topological polar surface area (TPSA) is 32.7 Å². The van der Waals surface area contributed by atoms with Gasteiger partial charge in [0.15, 0.2) is 0 Å².